The summed E-state index contributed by atoms with van der Waals surface area (Å²) in [6, 6.07) is 3.50. The van der Waals surface area contributed by atoms with Crippen LogP contribution in [0.4, 0.5) is 5.69 Å². The van der Waals surface area contributed by atoms with Gasteiger partial charge in [0.2, 0.25) is 0 Å². The van der Waals surface area contributed by atoms with Crippen molar-refractivity contribution in [2.75, 3.05) is 32.3 Å². The summed E-state index contributed by atoms with van der Waals surface area (Å²) in [5, 5.41) is 13.8. The number of nitrogens with one attached hydrogen (secondary N) is 1. The van der Waals surface area contributed by atoms with Crippen LogP contribution < -0.4 is 5.32 Å². The van der Waals surface area contributed by atoms with Crippen LogP contribution in [0.3, 0.4) is 0 Å². The van der Waals surface area contributed by atoms with Crippen molar-refractivity contribution in [2.45, 2.75) is 18.4 Å². The number of non-ortho nitro benzene ring substituents is 1. The summed E-state index contributed by atoms with van der Waals surface area (Å²) >= 11 is 1.84. The van der Waals surface area contributed by atoms with Crippen molar-refractivity contribution in [1.29, 1.82) is 0 Å². The van der Waals surface area contributed by atoms with E-state index in [1.807, 2.05) is 11.8 Å². The molecule has 136 valence electrons. The van der Waals surface area contributed by atoms with Gasteiger partial charge in [0.25, 0.3) is 11.6 Å². The average Bonchev–Trinajstić information content (AvgIpc) is 2.65. The van der Waals surface area contributed by atoms with E-state index in [1.165, 1.54) is 13.2 Å². The molecule has 1 N–H and O–H groups in total. The Hall–Kier alpha value is -2.13. The number of esters is 1. The van der Waals surface area contributed by atoms with Crippen LogP contribution in [-0.2, 0) is 9.47 Å². The molecule has 1 heterocycles. The molecule has 2 rings (SSSR count). The van der Waals surface area contributed by atoms with E-state index >= 15 is 0 Å². The van der Waals surface area contributed by atoms with Gasteiger partial charge in [0.1, 0.15) is 0 Å². The van der Waals surface area contributed by atoms with E-state index in [4.69, 9.17) is 4.74 Å². The molecular formula is C16H20N2O6S. The minimum atomic E-state index is -0.740. The molecule has 0 spiro atoms. The average molecular weight is 368 g/mol. The number of carbonyl (C=O) groups is 2. The summed E-state index contributed by atoms with van der Waals surface area (Å²) in [5.74, 6) is 0.666. The molecule has 0 atom stereocenters. The van der Waals surface area contributed by atoms with E-state index in [1.54, 1.807) is 7.11 Å². The molecule has 0 aliphatic carbocycles. The highest BCUT2D eigenvalue weighted by atomic mass is 32.2. The maximum Gasteiger partial charge on any atom is 0.338 e. The van der Waals surface area contributed by atoms with Crippen LogP contribution in [-0.4, -0.2) is 54.7 Å². The predicted molar refractivity (Wildman–Crippen MR) is 93.1 cm³/mol. The Balaban J connectivity index is 2.18. The molecule has 1 fully saturated rings. The molecule has 1 aliphatic heterocycles. The fourth-order valence-corrected chi connectivity index (χ4v) is 3.86. The number of amides is 1. The highest BCUT2D eigenvalue weighted by Gasteiger charge is 2.32. The fourth-order valence-electron chi connectivity index (χ4n) is 2.62. The van der Waals surface area contributed by atoms with Crippen molar-refractivity contribution in [3.05, 3.63) is 39.4 Å². The maximum absolute atomic E-state index is 12.4. The Morgan fingerprint density at radius 2 is 1.88 bits per heavy atom. The molecule has 0 bridgehead atoms. The summed E-state index contributed by atoms with van der Waals surface area (Å²) in [5.41, 5.74) is -0.778. The number of ether oxygens (including phenoxy) is 2. The molecule has 1 aromatic rings. The standard InChI is InChI=1S/C16H20N2O6S/c1-23-15(20)12-7-11(8-13(9-12)18(21)22)14(19)17-10-16(24-2)3-5-25-6-4-16/h7-9H,3-6,10H2,1-2H3,(H,17,19). The molecular weight excluding hydrogens is 348 g/mol. The van der Waals surface area contributed by atoms with Gasteiger partial charge < -0.3 is 14.8 Å². The third-order valence-electron chi connectivity index (χ3n) is 4.22. The monoisotopic (exact) mass is 368 g/mol. The second-order valence-corrected chi connectivity index (χ2v) is 6.92. The second-order valence-electron chi connectivity index (χ2n) is 5.70. The molecule has 1 amide bonds. The lowest BCUT2D eigenvalue weighted by Gasteiger charge is -2.35. The fraction of sp³-hybridized carbons (Fsp3) is 0.500. The van der Waals surface area contributed by atoms with Gasteiger partial charge in [-0.2, -0.15) is 11.8 Å². The highest BCUT2D eigenvalue weighted by molar-refractivity contribution is 7.99. The first-order chi connectivity index (χ1) is 11.9. The lowest BCUT2D eigenvalue weighted by Crippen LogP contribution is -2.46. The summed E-state index contributed by atoms with van der Waals surface area (Å²) in [7, 11) is 2.79. The van der Waals surface area contributed by atoms with E-state index in [0.29, 0.717) is 6.54 Å². The van der Waals surface area contributed by atoms with Crippen LogP contribution >= 0.6 is 11.8 Å². The lowest BCUT2D eigenvalue weighted by molar-refractivity contribution is -0.384. The summed E-state index contributed by atoms with van der Waals surface area (Å²) in [6.45, 7) is 0.305. The van der Waals surface area contributed by atoms with Crippen molar-refractivity contribution in [3.63, 3.8) is 0 Å². The first kappa shape index (κ1) is 19.2. The molecule has 1 aromatic carbocycles. The normalized spacial score (nSPS) is 16.1. The zero-order valence-corrected chi connectivity index (χ0v) is 14.9. The Morgan fingerprint density at radius 1 is 1.24 bits per heavy atom. The molecule has 1 aliphatic rings. The molecule has 9 heteroatoms. The molecule has 0 aromatic heterocycles. The van der Waals surface area contributed by atoms with Gasteiger partial charge in [0.15, 0.2) is 0 Å². The van der Waals surface area contributed by atoms with Crippen LogP contribution in [0.25, 0.3) is 0 Å². The van der Waals surface area contributed by atoms with E-state index in [9.17, 15) is 19.7 Å². The SMILES string of the molecule is COC(=O)c1cc(C(=O)NCC2(OC)CCSCC2)cc([N+](=O)[O-])c1. The zero-order valence-electron chi connectivity index (χ0n) is 14.1. The molecule has 0 saturated carbocycles. The molecule has 25 heavy (non-hydrogen) atoms. The minimum Gasteiger partial charge on any atom is -0.465 e. The first-order valence-corrected chi connectivity index (χ1v) is 8.85. The quantitative estimate of drug-likeness (QED) is 0.465. The summed E-state index contributed by atoms with van der Waals surface area (Å²) in [4.78, 5) is 34.5. The smallest absolute Gasteiger partial charge is 0.338 e. The van der Waals surface area contributed by atoms with E-state index in [2.05, 4.69) is 10.1 Å². The molecule has 0 radical (unpaired) electrons. The maximum atomic E-state index is 12.4. The number of carbonyl (C=O) groups excluding carboxylic acids is 2. The van der Waals surface area contributed by atoms with Gasteiger partial charge in [-0.1, -0.05) is 0 Å². The highest BCUT2D eigenvalue weighted by Crippen LogP contribution is 2.29. The molecule has 0 unspecified atom stereocenters. The van der Waals surface area contributed by atoms with Crippen molar-refractivity contribution in [3.8, 4) is 0 Å². The number of nitro benzene ring substituents is 1. The van der Waals surface area contributed by atoms with Crippen LogP contribution in [0, 0.1) is 10.1 Å². The Labute approximate surface area is 149 Å². The second kappa shape index (κ2) is 8.30. The van der Waals surface area contributed by atoms with Crippen molar-refractivity contribution < 1.29 is 24.0 Å². The third-order valence-corrected chi connectivity index (χ3v) is 5.21. The first-order valence-electron chi connectivity index (χ1n) is 7.70. The topological polar surface area (TPSA) is 108 Å². The predicted octanol–water partition coefficient (Wildman–Crippen LogP) is 2.02. The van der Waals surface area contributed by atoms with Crippen molar-refractivity contribution >= 4 is 29.3 Å². The van der Waals surface area contributed by atoms with Gasteiger partial charge in [-0.15, -0.1) is 0 Å². The van der Waals surface area contributed by atoms with Gasteiger partial charge in [0.05, 0.1) is 23.2 Å². The van der Waals surface area contributed by atoms with E-state index in [-0.39, 0.29) is 16.8 Å². The van der Waals surface area contributed by atoms with Gasteiger partial charge in [-0.05, 0) is 30.4 Å². The number of hydrogen-bond donors (Lipinski definition) is 1. The largest absolute Gasteiger partial charge is 0.465 e. The number of benzene rings is 1. The number of nitrogens with zero attached hydrogens (tertiary/aromatic N) is 1. The number of thioether (sulfide) groups is 1. The van der Waals surface area contributed by atoms with E-state index < -0.39 is 22.4 Å². The van der Waals surface area contributed by atoms with Crippen LogP contribution in [0.5, 0.6) is 0 Å². The minimum absolute atomic E-state index is 0.0334. The number of rotatable bonds is 6. The number of hydrogen-bond acceptors (Lipinski definition) is 7. The van der Waals surface area contributed by atoms with Crippen molar-refractivity contribution in [1.82, 2.24) is 5.32 Å². The summed E-state index contributed by atoms with van der Waals surface area (Å²) in [6.07, 6.45) is 1.63. The molecule has 1 saturated heterocycles. The Kier molecular flexibility index (Phi) is 6.38. The molecule has 8 nitrogen and oxygen atoms in total. The van der Waals surface area contributed by atoms with Crippen LogP contribution in [0.2, 0.25) is 0 Å². The Morgan fingerprint density at radius 3 is 2.44 bits per heavy atom. The zero-order chi connectivity index (χ0) is 18.4. The lowest BCUT2D eigenvalue weighted by atomic mass is 9.96. The third kappa shape index (κ3) is 4.70. The van der Waals surface area contributed by atoms with Crippen LogP contribution in [0.15, 0.2) is 18.2 Å². The van der Waals surface area contributed by atoms with Gasteiger partial charge in [-0.25, -0.2) is 4.79 Å². The van der Waals surface area contributed by atoms with Gasteiger partial charge >= 0.3 is 5.97 Å². The van der Waals surface area contributed by atoms with Crippen molar-refractivity contribution in [2.24, 2.45) is 0 Å². The van der Waals surface area contributed by atoms with Gasteiger partial charge in [0, 0.05) is 31.4 Å². The number of nitro groups is 1. The van der Waals surface area contributed by atoms with Gasteiger partial charge in [-0.3, -0.25) is 14.9 Å². The number of methoxy groups -OCH3 is 2. The van der Waals surface area contributed by atoms with E-state index in [0.717, 1.165) is 36.5 Å². The van der Waals surface area contributed by atoms with Crippen LogP contribution in [0.1, 0.15) is 33.6 Å². The summed E-state index contributed by atoms with van der Waals surface area (Å²) < 4.78 is 10.2. The Bertz CT molecular complexity index is 673.